The average molecular weight is 300 g/mol. The van der Waals surface area contributed by atoms with Gasteiger partial charge in [-0.25, -0.2) is 8.78 Å². The summed E-state index contributed by atoms with van der Waals surface area (Å²) in [4.78, 5) is 12.8. The van der Waals surface area contributed by atoms with E-state index in [0.29, 0.717) is 12.0 Å². The Morgan fingerprint density at radius 3 is 2.38 bits per heavy atom. The van der Waals surface area contributed by atoms with Crippen molar-refractivity contribution in [2.24, 2.45) is 5.73 Å². The molecule has 0 aliphatic rings. The Kier molecular flexibility index (Phi) is 6.55. The quantitative estimate of drug-likeness (QED) is 0.839. The summed E-state index contributed by atoms with van der Waals surface area (Å²) < 4.78 is 32.7. The molecule has 1 rings (SSSR count). The van der Waals surface area contributed by atoms with Crippen LogP contribution in [0.2, 0.25) is 0 Å². The van der Waals surface area contributed by atoms with Crippen molar-refractivity contribution in [2.75, 3.05) is 20.7 Å². The molecule has 1 atom stereocenters. The van der Waals surface area contributed by atoms with E-state index in [1.807, 2.05) is 6.92 Å². The monoisotopic (exact) mass is 300 g/mol. The summed E-state index contributed by atoms with van der Waals surface area (Å²) in [7, 11) is 3.21. The molecule has 1 amide bonds. The van der Waals surface area contributed by atoms with Crippen LogP contribution in [-0.2, 0) is 11.2 Å². The lowest BCUT2D eigenvalue weighted by Gasteiger charge is -2.13. The highest BCUT2D eigenvalue weighted by molar-refractivity contribution is 5.75. The molecule has 0 heterocycles. The van der Waals surface area contributed by atoms with Gasteiger partial charge in [0.15, 0.2) is 17.4 Å². The average Bonchev–Trinajstić information content (AvgIpc) is 2.41. The van der Waals surface area contributed by atoms with E-state index < -0.39 is 17.4 Å². The minimum atomic E-state index is -0.773. The number of hydrogen-bond acceptors (Lipinski definition) is 3. The number of rotatable bonds is 7. The number of carbonyl (C=O) groups excluding carboxylic acids is 1. The maximum Gasteiger partial charge on any atom is 0.225 e. The van der Waals surface area contributed by atoms with Crippen LogP contribution >= 0.6 is 0 Å². The van der Waals surface area contributed by atoms with Crippen molar-refractivity contribution in [2.45, 2.75) is 32.2 Å². The summed E-state index contributed by atoms with van der Waals surface area (Å²) in [5, 5.41) is 0. The first-order valence-electron chi connectivity index (χ1n) is 6.91. The third-order valence-electron chi connectivity index (χ3n) is 3.14. The lowest BCUT2D eigenvalue weighted by molar-refractivity contribution is -0.129. The zero-order valence-electron chi connectivity index (χ0n) is 12.7. The Hall–Kier alpha value is -1.69. The second-order valence-electron chi connectivity index (χ2n) is 5.15. The van der Waals surface area contributed by atoms with Crippen LogP contribution in [0, 0.1) is 11.6 Å². The Balaban J connectivity index is 2.69. The van der Waals surface area contributed by atoms with Gasteiger partial charge in [0.25, 0.3) is 0 Å². The van der Waals surface area contributed by atoms with Gasteiger partial charge in [-0.2, -0.15) is 0 Å². The third-order valence-corrected chi connectivity index (χ3v) is 3.14. The molecule has 0 radical (unpaired) electrons. The maximum absolute atomic E-state index is 13.8. The molecule has 0 saturated carbocycles. The van der Waals surface area contributed by atoms with E-state index in [1.165, 1.54) is 17.0 Å². The van der Waals surface area contributed by atoms with E-state index in [4.69, 9.17) is 10.5 Å². The molecule has 0 bridgehead atoms. The first-order chi connectivity index (χ1) is 9.85. The number of benzene rings is 1. The number of nitrogens with zero attached hydrogens (tertiary/aromatic N) is 1. The van der Waals surface area contributed by atoms with Gasteiger partial charge < -0.3 is 15.4 Å². The maximum atomic E-state index is 13.8. The molecular formula is C15H22F2N2O2. The van der Waals surface area contributed by atoms with Crippen LogP contribution < -0.4 is 10.5 Å². The number of hydrogen-bond donors (Lipinski definition) is 1. The van der Waals surface area contributed by atoms with E-state index >= 15 is 0 Å². The van der Waals surface area contributed by atoms with Crippen molar-refractivity contribution < 1.29 is 18.3 Å². The lowest BCUT2D eigenvalue weighted by atomic mass is 10.0. The number of nitrogens with two attached hydrogens (primary N) is 1. The highest BCUT2D eigenvalue weighted by Crippen LogP contribution is 2.24. The Bertz CT molecular complexity index is 470. The van der Waals surface area contributed by atoms with E-state index in [0.717, 1.165) is 6.42 Å². The molecule has 21 heavy (non-hydrogen) atoms. The summed E-state index contributed by atoms with van der Waals surface area (Å²) in [6.07, 6.45) is 1.20. The minimum absolute atomic E-state index is 0.0638. The zero-order valence-corrected chi connectivity index (χ0v) is 12.7. The summed E-state index contributed by atoms with van der Waals surface area (Å²) in [5.74, 6) is -2.16. The van der Waals surface area contributed by atoms with E-state index in [2.05, 4.69) is 0 Å². The molecule has 0 spiro atoms. The smallest absolute Gasteiger partial charge is 0.225 e. The molecule has 2 N–H and O–H groups in total. The Labute approximate surface area is 123 Å². The van der Waals surface area contributed by atoms with Gasteiger partial charge in [0.2, 0.25) is 5.91 Å². The molecule has 0 aromatic heterocycles. The molecular weight excluding hydrogens is 278 g/mol. The van der Waals surface area contributed by atoms with Crippen LogP contribution in [0.4, 0.5) is 8.78 Å². The number of amides is 1. The minimum Gasteiger partial charge on any atom is -0.487 e. The molecule has 4 nitrogen and oxygen atoms in total. The highest BCUT2D eigenvalue weighted by Gasteiger charge is 2.15. The van der Waals surface area contributed by atoms with Gasteiger partial charge in [-0.05, 0) is 30.5 Å². The zero-order chi connectivity index (χ0) is 16.0. The number of halogens is 2. The summed E-state index contributed by atoms with van der Waals surface area (Å²) in [6.45, 7) is 1.84. The van der Waals surface area contributed by atoms with Gasteiger partial charge in [-0.15, -0.1) is 0 Å². The molecule has 6 heteroatoms. The van der Waals surface area contributed by atoms with Crippen molar-refractivity contribution in [3.05, 3.63) is 29.3 Å². The van der Waals surface area contributed by atoms with Crippen LogP contribution in [0.5, 0.6) is 5.75 Å². The van der Waals surface area contributed by atoms with Crippen molar-refractivity contribution >= 4 is 5.91 Å². The van der Waals surface area contributed by atoms with E-state index in [-0.39, 0.29) is 25.0 Å². The van der Waals surface area contributed by atoms with Crippen LogP contribution in [-0.4, -0.2) is 37.6 Å². The fourth-order valence-corrected chi connectivity index (χ4v) is 1.78. The summed E-state index contributed by atoms with van der Waals surface area (Å²) >= 11 is 0. The molecule has 0 saturated heterocycles. The molecule has 118 valence electrons. The predicted octanol–water partition coefficient (Wildman–Crippen LogP) is 2.10. The lowest BCUT2D eigenvalue weighted by Crippen LogP contribution is -2.23. The van der Waals surface area contributed by atoms with Crippen molar-refractivity contribution in [1.82, 2.24) is 4.90 Å². The molecule has 1 aromatic rings. The topological polar surface area (TPSA) is 55.6 Å². The van der Waals surface area contributed by atoms with Crippen LogP contribution in [0.15, 0.2) is 12.1 Å². The second kappa shape index (κ2) is 7.93. The largest absolute Gasteiger partial charge is 0.487 e. The SMILES string of the molecule is CCC(N)Cc1cc(F)c(OCCC(=O)N(C)C)c(F)c1. The van der Waals surface area contributed by atoms with Gasteiger partial charge in [-0.1, -0.05) is 6.92 Å². The van der Waals surface area contributed by atoms with Crippen LogP contribution in [0.1, 0.15) is 25.3 Å². The number of carbonyl (C=O) groups is 1. The van der Waals surface area contributed by atoms with Gasteiger partial charge in [0, 0.05) is 20.1 Å². The van der Waals surface area contributed by atoms with Crippen LogP contribution in [0.3, 0.4) is 0 Å². The Morgan fingerprint density at radius 1 is 1.33 bits per heavy atom. The van der Waals surface area contributed by atoms with Crippen molar-refractivity contribution in [3.8, 4) is 5.75 Å². The van der Waals surface area contributed by atoms with Crippen molar-refractivity contribution in [3.63, 3.8) is 0 Å². The fraction of sp³-hybridized carbons (Fsp3) is 0.533. The van der Waals surface area contributed by atoms with E-state index in [1.54, 1.807) is 14.1 Å². The Morgan fingerprint density at radius 2 is 1.90 bits per heavy atom. The summed E-state index contributed by atoms with van der Waals surface area (Å²) in [5.41, 5.74) is 6.26. The number of ether oxygens (including phenoxy) is 1. The van der Waals surface area contributed by atoms with Crippen LogP contribution in [0.25, 0.3) is 0 Å². The van der Waals surface area contributed by atoms with Crippen molar-refractivity contribution in [1.29, 1.82) is 0 Å². The van der Waals surface area contributed by atoms with Gasteiger partial charge in [0.1, 0.15) is 0 Å². The normalized spacial score (nSPS) is 12.1. The predicted molar refractivity (Wildman–Crippen MR) is 77.1 cm³/mol. The third kappa shape index (κ3) is 5.30. The van der Waals surface area contributed by atoms with Gasteiger partial charge >= 0.3 is 0 Å². The molecule has 0 fully saturated rings. The molecule has 1 unspecified atom stereocenters. The summed E-state index contributed by atoms with van der Waals surface area (Å²) in [6, 6.07) is 2.32. The molecule has 0 aliphatic heterocycles. The van der Waals surface area contributed by atoms with Gasteiger partial charge in [0.05, 0.1) is 13.0 Å². The molecule has 1 aromatic carbocycles. The fourth-order valence-electron chi connectivity index (χ4n) is 1.78. The molecule has 0 aliphatic carbocycles. The standard InChI is InChI=1S/C15H22F2N2O2/c1-4-11(18)7-10-8-12(16)15(13(17)9-10)21-6-5-14(20)19(2)3/h8-9,11H,4-7,18H2,1-3H3. The van der Waals surface area contributed by atoms with E-state index in [9.17, 15) is 13.6 Å². The first kappa shape index (κ1) is 17.4. The van der Waals surface area contributed by atoms with Gasteiger partial charge in [-0.3, -0.25) is 4.79 Å². The second-order valence-corrected chi connectivity index (χ2v) is 5.15. The first-order valence-corrected chi connectivity index (χ1v) is 6.91. The highest BCUT2D eigenvalue weighted by atomic mass is 19.1.